The van der Waals surface area contributed by atoms with Crippen molar-refractivity contribution >= 4 is 27.3 Å². The average molecular weight is 428 g/mol. The maximum absolute atomic E-state index is 13.1. The summed E-state index contributed by atoms with van der Waals surface area (Å²) in [7, 11) is -3.27. The number of anilines is 1. The third-order valence-corrected chi connectivity index (χ3v) is 8.12. The summed E-state index contributed by atoms with van der Waals surface area (Å²) in [5.41, 5.74) is 1.49. The lowest BCUT2D eigenvalue weighted by Crippen LogP contribution is -2.24. The molecule has 0 saturated heterocycles. The van der Waals surface area contributed by atoms with E-state index >= 15 is 0 Å². The Morgan fingerprint density at radius 2 is 1.87 bits per heavy atom. The predicted molar refractivity (Wildman–Crippen MR) is 112 cm³/mol. The minimum absolute atomic E-state index is 0.146. The third kappa shape index (κ3) is 4.59. The summed E-state index contributed by atoms with van der Waals surface area (Å²) < 4.78 is 24.9. The number of carbonyl (C=O) groups excluding carboxylic acids is 2. The molecule has 2 saturated carbocycles. The van der Waals surface area contributed by atoms with E-state index in [1.807, 2.05) is 6.92 Å². The molecule has 2 aromatic rings. The van der Waals surface area contributed by atoms with E-state index in [-0.39, 0.29) is 22.9 Å². The molecule has 2 fully saturated rings. The lowest BCUT2D eigenvalue weighted by atomic mass is 9.87. The van der Waals surface area contributed by atoms with Gasteiger partial charge >= 0.3 is 0 Å². The van der Waals surface area contributed by atoms with Crippen molar-refractivity contribution in [2.24, 2.45) is 5.92 Å². The minimum Gasteiger partial charge on any atom is -0.309 e. The molecule has 2 aliphatic carbocycles. The predicted octanol–water partition coefficient (Wildman–Crippen LogP) is 3.20. The molecule has 1 aromatic carbocycles. The lowest BCUT2D eigenvalue weighted by Gasteiger charge is -2.20. The van der Waals surface area contributed by atoms with Gasteiger partial charge in [-0.15, -0.1) is 0 Å². The highest BCUT2D eigenvalue weighted by molar-refractivity contribution is 7.92. The summed E-state index contributed by atoms with van der Waals surface area (Å²) in [5.74, 6) is 0.0136. The number of ketones is 1. The molecule has 158 valence electrons. The lowest BCUT2D eigenvalue weighted by molar-refractivity contribution is -0.119. The van der Waals surface area contributed by atoms with E-state index in [2.05, 4.69) is 15.3 Å². The van der Waals surface area contributed by atoms with Crippen LogP contribution < -0.4 is 5.32 Å². The van der Waals surface area contributed by atoms with Gasteiger partial charge in [-0.3, -0.25) is 14.6 Å². The molecule has 30 heavy (non-hydrogen) atoms. The Balaban J connectivity index is 1.56. The van der Waals surface area contributed by atoms with Crippen molar-refractivity contribution in [3.8, 4) is 0 Å². The van der Waals surface area contributed by atoms with E-state index in [9.17, 15) is 18.0 Å². The fourth-order valence-corrected chi connectivity index (χ4v) is 5.61. The molecule has 1 aromatic heterocycles. The van der Waals surface area contributed by atoms with E-state index in [4.69, 9.17) is 0 Å². The first-order chi connectivity index (χ1) is 14.3. The van der Waals surface area contributed by atoms with Crippen molar-refractivity contribution in [3.05, 3.63) is 47.9 Å². The monoisotopic (exact) mass is 427 g/mol. The highest BCUT2D eigenvalue weighted by Gasteiger charge is 2.37. The Morgan fingerprint density at radius 1 is 1.13 bits per heavy atom. The van der Waals surface area contributed by atoms with Crippen LogP contribution in [0, 0.1) is 12.8 Å². The molecule has 7 nitrogen and oxygen atoms in total. The smallest absolute Gasteiger partial charge is 0.233 e. The second-order valence-electron chi connectivity index (χ2n) is 8.28. The zero-order valence-corrected chi connectivity index (χ0v) is 17.7. The fraction of sp³-hybridized carbons (Fsp3) is 0.455. The summed E-state index contributed by atoms with van der Waals surface area (Å²) in [6.07, 6.45) is 6.87. The molecule has 2 aliphatic rings. The van der Waals surface area contributed by atoms with E-state index in [1.165, 1.54) is 6.20 Å². The van der Waals surface area contributed by atoms with E-state index < -0.39 is 15.8 Å². The third-order valence-electron chi connectivity index (χ3n) is 5.84. The molecule has 4 rings (SSSR count). The second kappa shape index (κ2) is 8.26. The van der Waals surface area contributed by atoms with Crippen molar-refractivity contribution in [1.82, 2.24) is 9.97 Å². The number of benzene rings is 1. The second-order valence-corrected chi connectivity index (χ2v) is 10.5. The van der Waals surface area contributed by atoms with Crippen LogP contribution in [0.1, 0.15) is 55.7 Å². The first-order valence-corrected chi connectivity index (χ1v) is 11.8. The van der Waals surface area contributed by atoms with Crippen molar-refractivity contribution < 1.29 is 18.0 Å². The van der Waals surface area contributed by atoms with E-state index in [0.717, 1.165) is 17.7 Å². The number of sulfone groups is 1. The van der Waals surface area contributed by atoms with Crippen molar-refractivity contribution in [1.29, 1.82) is 0 Å². The minimum atomic E-state index is -3.27. The Bertz CT molecular complexity index is 1040. The number of hydrogen-bond donors (Lipinski definition) is 1. The largest absolute Gasteiger partial charge is 0.309 e. The zero-order valence-electron chi connectivity index (χ0n) is 16.9. The van der Waals surface area contributed by atoms with Crippen LogP contribution in [0.3, 0.4) is 0 Å². The summed E-state index contributed by atoms with van der Waals surface area (Å²) in [4.78, 5) is 33.4. The number of aromatic nitrogens is 2. The number of amides is 1. The number of nitrogens with zero attached hydrogens (tertiary/aromatic N) is 2. The van der Waals surface area contributed by atoms with Gasteiger partial charge < -0.3 is 5.32 Å². The van der Waals surface area contributed by atoms with Crippen molar-refractivity contribution in [2.45, 2.75) is 61.5 Å². The van der Waals surface area contributed by atoms with Gasteiger partial charge in [0.15, 0.2) is 15.7 Å². The fourth-order valence-electron chi connectivity index (χ4n) is 3.95. The van der Waals surface area contributed by atoms with Gasteiger partial charge in [0.1, 0.15) is 5.78 Å². The Labute approximate surface area is 176 Å². The highest BCUT2D eigenvalue weighted by Crippen LogP contribution is 2.36. The van der Waals surface area contributed by atoms with Crippen LogP contribution in [0.25, 0.3) is 0 Å². The van der Waals surface area contributed by atoms with Gasteiger partial charge in [-0.05, 0) is 56.2 Å². The van der Waals surface area contributed by atoms with Crippen LogP contribution in [0.4, 0.5) is 5.82 Å². The van der Waals surface area contributed by atoms with Crippen LogP contribution in [-0.4, -0.2) is 35.3 Å². The summed E-state index contributed by atoms with van der Waals surface area (Å²) in [6.45, 7) is 1.82. The van der Waals surface area contributed by atoms with Gasteiger partial charge in [0.05, 0.1) is 34.2 Å². The maximum Gasteiger partial charge on any atom is 0.233 e. The van der Waals surface area contributed by atoms with Gasteiger partial charge in [-0.2, -0.15) is 0 Å². The van der Waals surface area contributed by atoms with Crippen LogP contribution in [-0.2, 0) is 19.4 Å². The summed E-state index contributed by atoms with van der Waals surface area (Å²) in [6, 6.07) is 6.62. The molecule has 0 bridgehead atoms. The topological polar surface area (TPSA) is 106 Å². The molecule has 1 N–H and O–H groups in total. The zero-order chi connectivity index (χ0) is 21.3. The van der Waals surface area contributed by atoms with E-state index in [0.29, 0.717) is 42.8 Å². The normalized spacial score (nSPS) is 20.2. The quantitative estimate of drug-likeness (QED) is 0.727. The summed E-state index contributed by atoms with van der Waals surface area (Å²) in [5, 5.41) is 2.54. The van der Waals surface area contributed by atoms with Gasteiger partial charge in [0, 0.05) is 12.8 Å². The number of hydrogen-bond acceptors (Lipinski definition) is 6. The van der Waals surface area contributed by atoms with Gasteiger partial charge in [-0.1, -0.05) is 12.1 Å². The van der Waals surface area contributed by atoms with Crippen LogP contribution in [0.5, 0.6) is 0 Å². The van der Waals surface area contributed by atoms with Gasteiger partial charge in [-0.25, -0.2) is 13.4 Å². The number of rotatable bonds is 7. The molecular formula is C22H25N3O4S. The first-order valence-electron chi connectivity index (χ1n) is 10.3. The van der Waals surface area contributed by atoms with Crippen LogP contribution in [0.2, 0.25) is 0 Å². The molecule has 0 aliphatic heterocycles. The van der Waals surface area contributed by atoms with Crippen LogP contribution >= 0.6 is 0 Å². The average Bonchev–Trinajstić information content (AvgIpc) is 3.51. The number of Topliss-reactive ketones (excluding diaryl/α,β-unsaturated/α-hetero) is 1. The van der Waals surface area contributed by atoms with E-state index in [1.54, 1.807) is 30.5 Å². The van der Waals surface area contributed by atoms with Gasteiger partial charge in [0.2, 0.25) is 5.91 Å². The molecule has 1 heterocycles. The highest BCUT2D eigenvalue weighted by atomic mass is 32.2. The van der Waals surface area contributed by atoms with Crippen molar-refractivity contribution in [2.75, 3.05) is 5.32 Å². The molecule has 1 unspecified atom stereocenters. The number of aryl methyl sites for hydroxylation is 1. The molecular weight excluding hydrogens is 402 g/mol. The SMILES string of the molecule is Cc1cnc(NC(=O)[C@H](CC2CCC(=O)C2)c2ccc(S(=O)(=O)C3CC3)cc2)cn1. The number of carbonyl (C=O) groups is 2. The Hall–Kier alpha value is -2.61. The summed E-state index contributed by atoms with van der Waals surface area (Å²) >= 11 is 0. The number of nitrogens with one attached hydrogen (secondary N) is 1. The Kier molecular flexibility index (Phi) is 5.69. The molecule has 0 spiro atoms. The van der Waals surface area contributed by atoms with Gasteiger partial charge in [0.25, 0.3) is 0 Å². The van der Waals surface area contributed by atoms with Crippen molar-refractivity contribution in [3.63, 3.8) is 0 Å². The maximum atomic E-state index is 13.1. The molecule has 8 heteroatoms. The molecule has 1 amide bonds. The standard InChI is InChI=1S/C22H25N3O4S/c1-14-12-24-21(13-23-14)25-22(27)20(11-15-2-5-17(26)10-15)16-3-6-18(7-4-16)30(28,29)19-8-9-19/h3-4,6-7,12-13,15,19-20H,2,5,8-11H2,1H3,(H,24,25,27)/t15?,20-/m1/s1. The Morgan fingerprint density at radius 3 is 2.43 bits per heavy atom. The first kappa shape index (κ1) is 20.7. The molecule has 2 atom stereocenters. The van der Waals surface area contributed by atoms with Crippen LogP contribution in [0.15, 0.2) is 41.6 Å². The molecule has 0 radical (unpaired) electrons.